The summed E-state index contributed by atoms with van der Waals surface area (Å²) in [7, 11) is 0. The van der Waals surface area contributed by atoms with Gasteiger partial charge < -0.3 is 0 Å². The largest absolute Gasteiger partial charge is 0.299 e. The third kappa shape index (κ3) is 2.57. The lowest BCUT2D eigenvalue weighted by atomic mass is 9.95. The molecule has 0 heterocycles. The average Bonchev–Trinajstić information content (AvgIpc) is 2.40. The van der Waals surface area contributed by atoms with E-state index in [2.05, 4.69) is 37.3 Å². The van der Waals surface area contributed by atoms with Crippen LogP contribution in [-0.2, 0) is 4.79 Å². The van der Waals surface area contributed by atoms with Gasteiger partial charge in [-0.25, -0.2) is 0 Å². The molecule has 0 aliphatic rings. The summed E-state index contributed by atoms with van der Waals surface area (Å²) in [5.41, 5.74) is 5.67. The van der Waals surface area contributed by atoms with E-state index in [4.69, 9.17) is 0 Å². The van der Waals surface area contributed by atoms with Gasteiger partial charge in [-0.15, -0.1) is 0 Å². The Bertz CT molecular complexity index is 577. The minimum Gasteiger partial charge on any atom is -0.299 e. The first kappa shape index (κ1) is 12.3. The van der Waals surface area contributed by atoms with E-state index in [1.54, 1.807) is 6.08 Å². The molecular weight excluding hydrogens is 220 g/mol. The van der Waals surface area contributed by atoms with E-state index in [1.165, 1.54) is 11.1 Å². The van der Waals surface area contributed by atoms with Crippen molar-refractivity contribution in [3.8, 4) is 11.1 Å². The molecule has 2 aromatic carbocycles. The number of rotatable bonds is 3. The number of hydrogen-bond acceptors (Lipinski definition) is 1. The van der Waals surface area contributed by atoms with Crippen molar-refractivity contribution < 1.29 is 4.79 Å². The van der Waals surface area contributed by atoms with E-state index < -0.39 is 0 Å². The fraction of sp³-hybridized carbons (Fsp3) is 0.118. The van der Waals surface area contributed by atoms with Crippen LogP contribution in [0.25, 0.3) is 16.7 Å². The monoisotopic (exact) mass is 236 g/mol. The van der Waals surface area contributed by atoms with Crippen molar-refractivity contribution in [2.75, 3.05) is 0 Å². The molecule has 1 nitrogen and oxygen atoms in total. The van der Waals surface area contributed by atoms with Crippen LogP contribution < -0.4 is 0 Å². The van der Waals surface area contributed by atoms with E-state index in [-0.39, 0.29) is 0 Å². The first-order valence-electron chi connectivity index (χ1n) is 6.01. The fourth-order valence-corrected chi connectivity index (χ4v) is 2.00. The highest BCUT2D eigenvalue weighted by atomic mass is 16.1. The fourth-order valence-electron chi connectivity index (χ4n) is 2.00. The molecule has 18 heavy (non-hydrogen) atoms. The molecule has 0 N–H and O–H groups in total. The zero-order valence-corrected chi connectivity index (χ0v) is 10.7. The highest BCUT2D eigenvalue weighted by molar-refractivity contribution is 5.87. The second-order valence-corrected chi connectivity index (χ2v) is 4.40. The second-order valence-electron chi connectivity index (χ2n) is 4.40. The van der Waals surface area contributed by atoms with Gasteiger partial charge in [0.05, 0.1) is 0 Å². The van der Waals surface area contributed by atoms with Crippen molar-refractivity contribution in [1.82, 2.24) is 0 Å². The molecule has 0 saturated carbocycles. The standard InChI is InChI=1S/C17H16O/c1-13-7-9-15(10-8-13)17-6-4-3-5-16(17)14(2)11-12-18/h3-12H,1-2H3. The van der Waals surface area contributed by atoms with Gasteiger partial charge in [-0.1, -0.05) is 54.1 Å². The summed E-state index contributed by atoms with van der Waals surface area (Å²) in [4.78, 5) is 10.6. The quantitative estimate of drug-likeness (QED) is 0.574. The van der Waals surface area contributed by atoms with Gasteiger partial charge >= 0.3 is 0 Å². The molecule has 0 aliphatic carbocycles. The van der Waals surface area contributed by atoms with E-state index in [1.807, 2.05) is 25.1 Å². The Balaban J connectivity index is 2.54. The number of carbonyl (C=O) groups is 1. The van der Waals surface area contributed by atoms with E-state index in [0.29, 0.717) is 0 Å². The Morgan fingerprint density at radius 1 is 1.00 bits per heavy atom. The van der Waals surface area contributed by atoms with E-state index in [0.717, 1.165) is 23.0 Å². The average molecular weight is 236 g/mol. The van der Waals surface area contributed by atoms with Crippen molar-refractivity contribution in [1.29, 1.82) is 0 Å². The van der Waals surface area contributed by atoms with Crippen LogP contribution in [0.3, 0.4) is 0 Å². The maximum absolute atomic E-state index is 10.6. The second kappa shape index (κ2) is 5.46. The van der Waals surface area contributed by atoms with Crippen molar-refractivity contribution in [2.45, 2.75) is 13.8 Å². The molecule has 1 heteroatoms. The Kier molecular flexibility index (Phi) is 3.73. The van der Waals surface area contributed by atoms with Crippen molar-refractivity contribution in [3.05, 3.63) is 65.7 Å². The van der Waals surface area contributed by atoms with Gasteiger partial charge in [-0.3, -0.25) is 4.79 Å². The summed E-state index contributed by atoms with van der Waals surface area (Å²) in [6.45, 7) is 4.04. The SMILES string of the molecule is CC(=CC=O)c1ccccc1-c1ccc(C)cc1. The highest BCUT2D eigenvalue weighted by Gasteiger charge is 2.05. The predicted octanol–water partition coefficient (Wildman–Crippen LogP) is 4.26. The number of hydrogen-bond donors (Lipinski definition) is 0. The van der Waals surface area contributed by atoms with Gasteiger partial charge in [0.25, 0.3) is 0 Å². The molecule has 0 spiro atoms. The summed E-state index contributed by atoms with van der Waals surface area (Å²) in [6, 6.07) is 16.6. The summed E-state index contributed by atoms with van der Waals surface area (Å²) in [5.74, 6) is 0. The molecule has 2 rings (SSSR count). The van der Waals surface area contributed by atoms with Crippen LogP contribution in [0.2, 0.25) is 0 Å². The molecule has 0 aliphatic heterocycles. The summed E-state index contributed by atoms with van der Waals surface area (Å²) in [5, 5.41) is 0. The first-order valence-corrected chi connectivity index (χ1v) is 6.01. The Labute approximate surface area is 108 Å². The molecular formula is C17H16O. The van der Waals surface area contributed by atoms with Gasteiger partial charge in [0.1, 0.15) is 6.29 Å². The van der Waals surface area contributed by atoms with Crippen LogP contribution >= 0.6 is 0 Å². The zero-order chi connectivity index (χ0) is 13.0. The van der Waals surface area contributed by atoms with Gasteiger partial charge in [-0.2, -0.15) is 0 Å². The third-order valence-corrected chi connectivity index (χ3v) is 3.03. The minimum atomic E-state index is 0.835. The van der Waals surface area contributed by atoms with Gasteiger partial charge in [-0.05, 0) is 42.2 Å². The molecule has 2 aromatic rings. The van der Waals surface area contributed by atoms with Crippen LogP contribution in [0.4, 0.5) is 0 Å². The van der Waals surface area contributed by atoms with Gasteiger partial charge in [0.2, 0.25) is 0 Å². The minimum absolute atomic E-state index is 0.835. The number of carbonyl (C=O) groups excluding carboxylic acids is 1. The lowest BCUT2D eigenvalue weighted by Crippen LogP contribution is -1.87. The van der Waals surface area contributed by atoms with Crippen LogP contribution in [0.1, 0.15) is 18.1 Å². The Morgan fingerprint density at radius 3 is 2.33 bits per heavy atom. The molecule has 0 saturated heterocycles. The molecule has 90 valence electrons. The highest BCUT2D eigenvalue weighted by Crippen LogP contribution is 2.28. The number of aryl methyl sites for hydroxylation is 1. The normalized spacial score (nSPS) is 11.3. The number of aldehydes is 1. The maximum Gasteiger partial charge on any atom is 0.143 e. The Hall–Kier alpha value is -2.15. The van der Waals surface area contributed by atoms with Crippen LogP contribution in [0, 0.1) is 6.92 Å². The van der Waals surface area contributed by atoms with Crippen molar-refractivity contribution in [3.63, 3.8) is 0 Å². The van der Waals surface area contributed by atoms with Crippen LogP contribution in [0.15, 0.2) is 54.6 Å². The molecule has 0 amide bonds. The summed E-state index contributed by atoms with van der Waals surface area (Å²) < 4.78 is 0. The molecule has 0 fully saturated rings. The van der Waals surface area contributed by atoms with Crippen molar-refractivity contribution >= 4 is 11.9 Å². The predicted molar refractivity (Wildman–Crippen MR) is 76.3 cm³/mol. The molecule has 0 radical (unpaired) electrons. The molecule has 0 atom stereocenters. The molecule has 0 unspecified atom stereocenters. The molecule has 0 aromatic heterocycles. The summed E-state index contributed by atoms with van der Waals surface area (Å²) >= 11 is 0. The van der Waals surface area contributed by atoms with Gasteiger partial charge in [0, 0.05) is 0 Å². The topological polar surface area (TPSA) is 17.1 Å². The smallest absolute Gasteiger partial charge is 0.143 e. The number of benzene rings is 2. The Morgan fingerprint density at radius 2 is 1.67 bits per heavy atom. The maximum atomic E-state index is 10.6. The summed E-state index contributed by atoms with van der Waals surface area (Å²) in [6.07, 6.45) is 2.44. The third-order valence-electron chi connectivity index (χ3n) is 3.03. The zero-order valence-electron chi connectivity index (χ0n) is 10.7. The van der Waals surface area contributed by atoms with Crippen molar-refractivity contribution in [2.24, 2.45) is 0 Å². The molecule has 0 bridgehead atoms. The first-order chi connectivity index (χ1) is 8.72. The van der Waals surface area contributed by atoms with E-state index >= 15 is 0 Å². The number of allylic oxidation sites excluding steroid dienone is 2. The van der Waals surface area contributed by atoms with E-state index in [9.17, 15) is 4.79 Å². The van der Waals surface area contributed by atoms with Crippen LogP contribution in [-0.4, -0.2) is 6.29 Å². The van der Waals surface area contributed by atoms with Gasteiger partial charge in [0.15, 0.2) is 0 Å². The van der Waals surface area contributed by atoms with Crippen LogP contribution in [0.5, 0.6) is 0 Å². The lowest BCUT2D eigenvalue weighted by Gasteiger charge is -2.10. The lowest BCUT2D eigenvalue weighted by molar-refractivity contribution is -0.104.